The second kappa shape index (κ2) is 14.6. The fourth-order valence-electron chi connectivity index (χ4n) is 4.63. The van der Waals surface area contributed by atoms with Crippen LogP contribution in [-0.2, 0) is 32.6 Å². The summed E-state index contributed by atoms with van der Waals surface area (Å²) in [6, 6.07) is 28.2. The molecule has 224 valence electrons. The van der Waals surface area contributed by atoms with Gasteiger partial charge in [0.25, 0.3) is 10.0 Å². The molecule has 0 radical (unpaired) electrons. The van der Waals surface area contributed by atoms with Crippen LogP contribution < -0.4 is 9.62 Å². The lowest BCUT2D eigenvalue weighted by Gasteiger charge is -2.34. The fraction of sp³-hybridized carbons (Fsp3) is 0.212. The van der Waals surface area contributed by atoms with E-state index in [2.05, 4.69) is 5.32 Å². The first kappa shape index (κ1) is 32.1. The van der Waals surface area contributed by atoms with Crippen molar-refractivity contribution in [2.24, 2.45) is 0 Å². The molecule has 43 heavy (non-hydrogen) atoms. The van der Waals surface area contributed by atoms with Crippen LogP contribution in [0.1, 0.15) is 23.6 Å². The molecule has 4 aromatic carbocycles. The monoisotopic (exact) mass is 637 g/mol. The van der Waals surface area contributed by atoms with Gasteiger partial charge in [0.1, 0.15) is 12.6 Å². The van der Waals surface area contributed by atoms with Crippen LogP contribution in [0.25, 0.3) is 0 Å². The molecule has 0 fully saturated rings. The first-order valence-electron chi connectivity index (χ1n) is 13.8. The number of rotatable bonds is 12. The number of halogens is 2. The summed E-state index contributed by atoms with van der Waals surface area (Å²) in [7, 11) is -4.24. The highest BCUT2D eigenvalue weighted by Crippen LogP contribution is 2.28. The second-order valence-electron chi connectivity index (χ2n) is 10.1. The van der Waals surface area contributed by atoms with Crippen molar-refractivity contribution in [2.45, 2.75) is 37.8 Å². The highest BCUT2D eigenvalue weighted by molar-refractivity contribution is 7.92. The van der Waals surface area contributed by atoms with Gasteiger partial charge in [-0.25, -0.2) is 8.42 Å². The van der Waals surface area contributed by atoms with Gasteiger partial charge in [0.05, 0.1) is 10.6 Å². The van der Waals surface area contributed by atoms with E-state index in [9.17, 15) is 18.0 Å². The summed E-state index contributed by atoms with van der Waals surface area (Å²) in [4.78, 5) is 29.3. The number of nitrogens with zero attached hydrogens (tertiary/aromatic N) is 2. The van der Waals surface area contributed by atoms with Gasteiger partial charge in [0.15, 0.2) is 0 Å². The molecule has 1 atom stereocenters. The molecule has 10 heteroatoms. The van der Waals surface area contributed by atoms with Gasteiger partial charge < -0.3 is 10.2 Å². The Labute approximate surface area is 263 Å². The Kier molecular flexibility index (Phi) is 10.9. The molecule has 1 N–H and O–H groups in total. The number of carbonyl (C=O) groups is 2. The van der Waals surface area contributed by atoms with Crippen LogP contribution in [0.5, 0.6) is 0 Å². The Bertz CT molecular complexity index is 1650. The molecule has 0 aliphatic carbocycles. The molecule has 0 heterocycles. The van der Waals surface area contributed by atoms with Crippen LogP contribution in [0, 0.1) is 6.92 Å². The minimum Gasteiger partial charge on any atom is -0.355 e. The van der Waals surface area contributed by atoms with Gasteiger partial charge in [-0.3, -0.25) is 13.9 Å². The predicted octanol–water partition coefficient (Wildman–Crippen LogP) is 6.27. The van der Waals surface area contributed by atoms with Crippen molar-refractivity contribution in [3.8, 4) is 0 Å². The number of amides is 2. The number of nitrogens with one attached hydrogen (secondary N) is 1. The molecular weight excluding hydrogens is 605 g/mol. The van der Waals surface area contributed by atoms with Crippen LogP contribution in [0.4, 0.5) is 5.69 Å². The van der Waals surface area contributed by atoms with Gasteiger partial charge in [0.2, 0.25) is 11.8 Å². The molecule has 0 aromatic heterocycles. The lowest BCUT2D eigenvalue weighted by molar-refractivity contribution is -0.140. The fourth-order valence-corrected chi connectivity index (χ4v) is 6.35. The van der Waals surface area contributed by atoms with Gasteiger partial charge in [-0.05, 0) is 67.4 Å². The third-order valence-electron chi connectivity index (χ3n) is 6.87. The van der Waals surface area contributed by atoms with E-state index in [0.29, 0.717) is 16.6 Å². The van der Waals surface area contributed by atoms with Gasteiger partial charge in [-0.15, -0.1) is 0 Å². The van der Waals surface area contributed by atoms with Crippen molar-refractivity contribution in [1.82, 2.24) is 10.2 Å². The lowest BCUT2D eigenvalue weighted by Crippen LogP contribution is -2.53. The molecule has 2 amide bonds. The van der Waals surface area contributed by atoms with Crippen LogP contribution in [0.15, 0.2) is 108 Å². The summed E-state index contributed by atoms with van der Waals surface area (Å²) in [6.45, 7) is 3.67. The maximum Gasteiger partial charge on any atom is 0.264 e. The standard InChI is InChI=1S/C33H33Cl2N3O4S/c1-3-36-33(40)31(20-25-8-5-4-6-9-25)37(22-26-14-12-24(2)13-15-26)32(39)23-38(29-11-7-10-28(35)21-29)43(41,42)30-18-16-27(34)17-19-30/h4-19,21,31H,3,20,22-23H2,1-2H3,(H,36,40)/t31-/m1/s1. The summed E-state index contributed by atoms with van der Waals surface area (Å²) in [6.07, 6.45) is 0.241. The zero-order valence-corrected chi connectivity index (χ0v) is 26.2. The zero-order valence-electron chi connectivity index (χ0n) is 23.9. The number of benzene rings is 4. The minimum atomic E-state index is -4.24. The predicted molar refractivity (Wildman–Crippen MR) is 172 cm³/mol. The van der Waals surface area contributed by atoms with E-state index in [4.69, 9.17) is 23.2 Å². The van der Waals surface area contributed by atoms with Crippen molar-refractivity contribution in [3.63, 3.8) is 0 Å². The summed E-state index contributed by atoms with van der Waals surface area (Å²) >= 11 is 12.3. The lowest BCUT2D eigenvalue weighted by atomic mass is 10.0. The number of carbonyl (C=O) groups excluding carboxylic acids is 2. The zero-order chi connectivity index (χ0) is 31.0. The normalized spacial score (nSPS) is 11.9. The molecule has 0 spiro atoms. The topological polar surface area (TPSA) is 86.8 Å². The number of hydrogen-bond acceptors (Lipinski definition) is 4. The summed E-state index contributed by atoms with van der Waals surface area (Å²) in [5, 5.41) is 3.54. The number of hydrogen-bond donors (Lipinski definition) is 1. The maximum absolute atomic E-state index is 14.3. The Balaban J connectivity index is 1.79. The average Bonchev–Trinajstić information content (AvgIpc) is 2.99. The molecule has 7 nitrogen and oxygen atoms in total. The van der Waals surface area contributed by atoms with E-state index >= 15 is 0 Å². The molecule has 0 aliphatic heterocycles. The van der Waals surface area contributed by atoms with E-state index < -0.39 is 28.5 Å². The van der Waals surface area contributed by atoms with Crippen LogP contribution in [0.3, 0.4) is 0 Å². The summed E-state index contributed by atoms with van der Waals surface area (Å²) in [5.41, 5.74) is 2.92. The Morgan fingerprint density at radius 3 is 2.12 bits per heavy atom. The third kappa shape index (κ3) is 8.38. The largest absolute Gasteiger partial charge is 0.355 e. The number of likely N-dealkylation sites (N-methyl/N-ethyl adjacent to an activating group) is 1. The van der Waals surface area contributed by atoms with Crippen molar-refractivity contribution in [1.29, 1.82) is 0 Å². The van der Waals surface area contributed by atoms with Crippen molar-refractivity contribution >= 4 is 50.7 Å². The van der Waals surface area contributed by atoms with Gasteiger partial charge in [-0.2, -0.15) is 0 Å². The molecule has 0 saturated heterocycles. The number of sulfonamides is 1. The third-order valence-corrected chi connectivity index (χ3v) is 9.15. The van der Waals surface area contributed by atoms with E-state index in [1.807, 2.05) is 68.4 Å². The van der Waals surface area contributed by atoms with Crippen LogP contribution in [0.2, 0.25) is 10.0 Å². The minimum absolute atomic E-state index is 0.0423. The molecule has 4 rings (SSSR count). The average molecular weight is 639 g/mol. The SMILES string of the molecule is CCNC(=O)[C@@H](Cc1ccccc1)N(Cc1ccc(C)cc1)C(=O)CN(c1cccc(Cl)c1)S(=O)(=O)c1ccc(Cl)cc1. The van der Waals surface area contributed by atoms with E-state index in [0.717, 1.165) is 21.0 Å². The van der Waals surface area contributed by atoms with Crippen LogP contribution in [-0.4, -0.2) is 44.3 Å². The Hall–Kier alpha value is -3.85. The molecule has 0 bridgehead atoms. The highest BCUT2D eigenvalue weighted by Gasteiger charge is 2.34. The van der Waals surface area contributed by atoms with Gasteiger partial charge in [-0.1, -0.05) is 89.4 Å². The Morgan fingerprint density at radius 1 is 0.814 bits per heavy atom. The van der Waals surface area contributed by atoms with Crippen molar-refractivity contribution < 1.29 is 18.0 Å². The maximum atomic E-state index is 14.3. The summed E-state index contributed by atoms with van der Waals surface area (Å²) < 4.78 is 29.0. The molecular formula is C33H33Cl2N3O4S. The first-order valence-corrected chi connectivity index (χ1v) is 16.0. The van der Waals surface area contributed by atoms with E-state index in [1.165, 1.54) is 35.2 Å². The highest BCUT2D eigenvalue weighted by atomic mass is 35.5. The van der Waals surface area contributed by atoms with Crippen molar-refractivity contribution in [3.05, 3.63) is 130 Å². The Morgan fingerprint density at radius 2 is 1.49 bits per heavy atom. The molecule has 0 aliphatic rings. The number of anilines is 1. The van der Waals surface area contributed by atoms with E-state index in [1.54, 1.807) is 18.2 Å². The van der Waals surface area contributed by atoms with Gasteiger partial charge in [0, 0.05) is 29.6 Å². The van der Waals surface area contributed by atoms with Crippen LogP contribution >= 0.6 is 23.2 Å². The quantitative estimate of drug-likeness (QED) is 0.198. The molecule has 4 aromatic rings. The summed E-state index contributed by atoms with van der Waals surface area (Å²) in [5.74, 6) is -0.882. The van der Waals surface area contributed by atoms with Gasteiger partial charge >= 0.3 is 0 Å². The number of aryl methyl sites for hydroxylation is 1. The molecule has 0 unspecified atom stereocenters. The smallest absolute Gasteiger partial charge is 0.264 e. The molecule has 0 saturated carbocycles. The van der Waals surface area contributed by atoms with E-state index in [-0.39, 0.29) is 29.5 Å². The van der Waals surface area contributed by atoms with Crippen molar-refractivity contribution in [2.75, 3.05) is 17.4 Å². The second-order valence-corrected chi connectivity index (χ2v) is 12.8. The first-order chi connectivity index (χ1) is 20.6.